The summed E-state index contributed by atoms with van der Waals surface area (Å²) in [6, 6.07) is 4.77. The van der Waals surface area contributed by atoms with E-state index in [0.717, 1.165) is 0 Å². The fourth-order valence-corrected chi connectivity index (χ4v) is 4.75. The van der Waals surface area contributed by atoms with E-state index in [2.05, 4.69) is 5.32 Å². The topological polar surface area (TPSA) is 103 Å². The number of nitrogens with zero attached hydrogens (tertiary/aromatic N) is 1. The summed E-state index contributed by atoms with van der Waals surface area (Å²) in [6.45, 7) is 1.83. The normalized spacial score (nSPS) is 19.5. The Morgan fingerprint density at radius 1 is 1.14 bits per heavy atom. The number of rotatable bonds is 7. The number of methoxy groups -OCH3 is 2. The van der Waals surface area contributed by atoms with Crippen LogP contribution in [-0.4, -0.2) is 77.2 Å². The second-order valence-electron chi connectivity index (χ2n) is 6.65. The summed E-state index contributed by atoms with van der Waals surface area (Å²) in [5.41, 5.74) is 0.366. The van der Waals surface area contributed by atoms with Crippen molar-refractivity contribution in [1.29, 1.82) is 0 Å². The minimum absolute atomic E-state index is 0.0180. The van der Waals surface area contributed by atoms with Crippen LogP contribution in [0.4, 0.5) is 0 Å². The first-order valence-corrected chi connectivity index (χ1v) is 10.8. The standard InChI is InChI=1S/C18H26N2O7S/c1-24-15-4-3-14(13-16(15)25-2)17(21)19-7-12-28(22,23)20-8-5-18(6-9-20)26-10-11-27-18/h3-4,13H,5-12H2,1-2H3,(H,19,21). The minimum Gasteiger partial charge on any atom is -0.493 e. The molecule has 1 aromatic carbocycles. The first kappa shape index (κ1) is 20.8. The SMILES string of the molecule is COc1ccc(C(=O)NCCS(=O)(=O)N2CCC3(CC2)OCCO3)cc1OC. The molecule has 1 N–H and O–H groups in total. The number of benzene rings is 1. The highest BCUT2D eigenvalue weighted by Crippen LogP contribution is 2.32. The molecule has 156 valence electrons. The zero-order valence-corrected chi connectivity index (χ0v) is 16.9. The Kier molecular flexibility index (Phi) is 6.43. The van der Waals surface area contributed by atoms with Crippen LogP contribution in [0.2, 0.25) is 0 Å². The molecular formula is C18H26N2O7S. The maximum atomic E-state index is 12.5. The summed E-state index contributed by atoms with van der Waals surface area (Å²) in [5, 5.41) is 2.64. The van der Waals surface area contributed by atoms with Gasteiger partial charge in [0.05, 0.1) is 33.2 Å². The van der Waals surface area contributed by atoms with Gasteiger partial charge in [-0.2, -0.15) is 0 Å². The van der Waals surface area contributed by atoms with E-state index in [0.29, 0.717) is 56.2 Å². The molecule has 3 rings (SSSR count). The molecule has 0 radical (unpaired) electrons. The summed E-state index contributed by atoms with van der Waals surface area (Å²) in [5.74, 6) is -0.211. The molecule has 2 heterocycles. The van der Waals surface area contributed by atoms with Crippen LogP contribution < -0.4 is 14.8 Å². The zero-order chi connectivity index (χ0) is 20.2. The summed E-state index contributed by atoms with van der Waals surface area (Å²) < 4.78 is 48.1. The Hall–Kier alpha value is -1.88. The van der Waals surface area contributed by atoms with Gasteiger partial charge in [-0.15, -0.1) is 0 Å². The monoisotopic (exact) mass is 414 g/mol. The van der Waals surface area contributed by atoms with E-state index < -0.39 is 15.8 Å². The molecular weight excluding hydrogens is 388 g/mol. The van der Waals surface area contributed by atoms with Crippen molar-refractivity contribution >= 4 is 15.9 Å². The fraction of sp³-hybridized carbons (Fsp3) is 0.611. The van der Waals surface area contributed by atoms with Gasteiger partial charge >= 0.3 is 0 Å². The second-order valence-corrected chi connectivity index (χ2v) is 8.74. The zero-order valence-electron chi connectivity index (χ0n) is 16.1. The lowest BCUT2D eigenvalue weighted by molar-refractivity contribution is -0.179. The number of hydrogen-bond acceptors (Lipinski definition) is 7. The maximum Gasteiger partial charge on any atom is 0.251 e. The van der Waals surface area contributed by atoms with Crippen molar-refractivity contribution in [3.63, 3.8) is 0 Å². The molecule has 2 aliphatic heterocycles. The van der Waals surface area contributed by atoms with E-state index in [1.807, 2.05) is 0 Å². The number of hydrogen-bond donors (Lipinski definition) is 1. The van der Waals surface area contributed by atoms with E-state index in [-0.39, 0.29) is 18.2 Å². The molecule has 2 aliphatic rings. The van der Waals surface area contributed by atoms with Crippen LogP contribution in [0, 0.1) is 0 Å². The van der Waals surface area contributed by atoms with Gasteiger partial charge in [0.15, 0.2) is 17.3 Å². The van der Waals surface area contributed by atoms with Crippen LogP contribution in [0.25, 0.3) is 0 Å². The predicted octanol–water partition coefficient (Wildman–Crippen LogP) is 0.602. The quantitative estimate of drug-likeness (QED) is 0.697. The lowest BCUT2D eigenvalue weighted by atomic mass is 10.1. The van der Waals surface area contributed by atoms with Crippen molar-refractivity contribution in [1.82, 2.24) is 9.62 Å². The van der Waals surface area contributed by atoms with Gasteiger partial charge in [-0.05, 0) is 18.2 Å². The van der Waals surface area contributed by atoms with E-state index in [1.165, 1.54) is 18.5 Å². The Labute approximate surface area is 164 Å². The van der Waals surface area contributed by atoms with Gasteiger partial charge in [0.1, 0.15) is 0 Å². The molecule has 0 bridgehead atoms. The molecule has 0 saturated carbocycles. The summed E-state index contributed by atoms with van der Waals surface area (Å²) >= 11 is 0. The number of carbonyl (C=O) groups excluding carboxylic acids is 1. The lowest BCUT2D eigenvalue weighted by Crippen LogP contribution is -2.48. The van der Waals surface area contributed by atoms with Crippen molar-refractivity contribution in [3.05, 3.63) is 23.8 Å². The third-order valence-electron chi connectivity index (χ3n) is 4.98. The van der Waals surface area contributed by atoms with Crippen molar-refractivity contribution < 1.29 is 32.2 Å². The largest absolute Gasteiger partial charge is 0.493 e. The molecule has 0 aromatic heterocycles. The molecule has 0 aliphatic carbocycles. The fourth-order valence-electron chi connectivity index (χ4n) is 3.39. The Morgan fingerprint density at radius 3 is 2.39 bits per heavy atom. The first-order valence-electron chi connectivity index (χ1n) is 9.15. The molecule has 2 saturated heterocycles. The van der Waals surface area contributed by atoms with Crippen molar-refractivity contribution in [2.45, 2.75) is 18.6 Å². The van der Waals surface area contributed by atoms with E-state index >= 15 is 0 Å². The predicted molar refractivity (Wildman–Crippen MR) is 101 cm³/mol. The Morgan fingerprint density at radius 2 is 1.79 bits per heavy atom. The molecule has 1 aromatic rings. The van der Waals surface area contributed by atoms with Gasteiger partial charge < -0.3 is 24.3 Å². The molecule has 28 heavy (non-hydrogen) atoms. The molecule has 2 fully saturated rings. The maximum absolute atomic E-state index is 12.5. The van der Waals surface area contributed by atoms with Crippen LogP contribution in [0.1, 0.15) is 23.2 Å². The summed E-state index contributed by atoms with van der Waals surface area (Å²) in [6.07, 6.45) is 1.04. The third-order valence-corrected chi connectivity index (χ3v) is 6.85. The van der Waals surface area contributed by atoms with E-state index in [4.69, 9.17) is 18.9 Å². The average Bonchev–Trinajstić information content (AvgIpc) is 3.15. The van der Waals surface area contributed by atoms with Gasteiger partial charge in [-0.1, -0.05) is 0 Å². The van der Waals surface area contributed by atoms with Crippen LogP contribution in [-0.2, 0) is 19.5 Å². The number of nitrogens with one attached hydrogen (secondary N) is 1. The summed E-state index contributed by atoms with van der Waals surface area (Å²) in [7, 11) is -0.476. The highest BCUT2D eigenvalue weighted by Gasteiger charge is 2.42. The van der Waals surface area contributed by atoms with Gasteiger partial charge in [0.2, 0.25) is 10.0 Å². The molecule has 0 unspecified atom stereocenters. The molecule has 10 heteroatoms. The average molecular weight is 414 g/mol. The van der Waals surface area contributed by atoms with Crippen LogP contribution >= 0.6 is 0 Å². The highest BCUT2D eigenvalue weighted by atomic mass is 32.2. The third kappa shape index (κ3) is 4.57. The molecule has 0 atom stereocenters. The summed E-state index contributed by atoms with van der Waals surface area (Å²) in [4.78, 5) is 12.3. The van der Waals surface area contributed by atoms with Crippen LogP contribution in [0.15, 0.2) is 18.2 Å². The minimum atomic E-state index is -3.47. The van der Waals surface area contributed by atoms with Crippen LogP contribution in [0.3, 0.4) is 0 Å². The number of carbonyl (C=O) groups is 1. The molecule has 1 amide bonds. The van der Waals surface area contributed by atoms with E-state index in [9.17, 15) is 13.2 Å². The molecule has 9 nitrogen and oxygen atoms in total. The second kappa shape index (κ2) is 8.64. The molecule has 1 spiro atoms. The van der Waals surface area contributed by atoms with Crippen molar-refractivity contribution in [2.24, 2.45) is 0 Å². The van der Waals surface area contributed by atoms with Gasteiger partial charge in [-0.25, -0.2) is 12.7 Å². The number of ether oxygens (including phenoxy) is 4. The van der Waals surface area contributed by atoms with Crippen molar-refractivity contribution in [2.75, 3.05) is 52.8 Å². The van der Waals surface area contributed by atoms with E-state index in [1.54, 1.807) is 18.2 Å². The number of piperidine rings is 1. The Balaban J connectivity index is 1.50. The van der Waals surface area contributed by atoms with Gasteiger partial charge in [0, 0.05) is 38.0 Å². The first-order chi connectivity index (χ1) is 13.4. The smallest absolute Gasteiger partial charge is 0.251 e. The lowest BCUT2D eigenvalue weighted by Gasteiger charge is -2.36. The van der Waals surface area contributed by atoms with Gasteiger partial charge in [0.25, 0.3) is 5.91 Å². The van der Waals surface area contributed by atoms with Crippen LogP contribution in [0.5, 0.6) is 11.5 Å². The highest BCUT2D eigenvalue weighted by molar-refractivity contribution is 7.89. The van der Waals surface area contributed by atoms with Gasteiger partial charge in [-0.3, -0.25) is 4.79 Å². The van der Waals surface area contributed by atoms with Crippen molar-refractivity contribution in [3.8, 4) is 11.5 Å². The Bertz CT molecular complexity index is 796. The number of sulfonamides is 1. The number of amides is 1.